The van der Waals surface area contributed by atoms with Crippen LogP contribution in [0.3, 0.4) is 0 Å². The highest BCUT2D eigenvalue weighted by Crippen LogP contribution is 2.29. The fourth-order valence-corrected chi connectivity index (χ4v) is 4.46. The lowest BCUT2D eigenvalue weighted by atomic mass is 10.0. The maximum absolute atomic E-state index is 11.2. The highest BCUT2D eigenvalue weighted by Gasteiger charge is 2.18. The number of aliphatic carboxylic acids is 1. The molecule has 1 aliphatic rings. The molecule has 0 fully saturated rings. The molecule has 1 aliphatic carbocycles. The van der Waals surface area contributed by atoms with E-state index in [1.807, 2.05) is 48.7 Å². The Hall–Kier alpha value is -4.39. The number of ether oxygens (including phenoxy) is 1. The minimum atomic E-state index is -0.834. The fourth-order valence-electron chi connectivity index (χ4n) is 4.46. The minimum absolute atomic E-state index is 0.0723. The lowest BCUT2D eigenvalue weighted by Crippen LogP contribution is -2.03. The van der Waals surface area contributed by atoms with Crippen LogP contribution in [0.25, 0.3) is 11.2 Å². The Balaban J connectivity index is 1.46. The summed E-state index contributed by atoms with van der Waals surface area (Å²) >= 11 is 0. The first-order chi connectivity index (χ1) is 18.1. The smallest absolute Gasteiger partial charge is 0.303 e. The number of hydrogen-bond donors (Lipinski definition) is 2. The van der Waals surface area contributed by atoms with Crippen molar-refractivity contribution >= 4 is 17.2 Å². The van der Waals surface area contributed by atoms with E-state index in [0.717, 1.165) is 40.9 Å². The third-order valence-corrected chi connectivity index (χ3v) is 6.30. The summed E-state index contributed by atoms with van der Waals surface area (Å²) in [5.74, 6) is -0.0724. The van der Waals surface area contributed by atoms with Gasteiger partial charge in [-0.1, -0.05) is 60.7 Å². The Morgan fingerprint density at radius 3 is 2.57 bits per heavy atom. The maximum atomic E-state index is 11.2. The third kappa shape index (κ3) is 5.89. The topological polar surface area (TPSA) is 97.0 Å². The van der Waals surface area contributed by atoms with Gasteiger partial charge in [0.25, 0.3) is 0 Å². The molecular weight excluding hydrogens is 466 g/mol. The molecule has 0 atom stereocenters. The number of hydrogen-bond acceptors (Lipinski definition) is 5. The number of carboxylic acids is 1. The van der Waals surface area contributed by atoms with Crippen LogP contribution in [0.4, 0.5) is 0 Å². The van der Waals surface area contributed by atoms with Crippen LogP contribution in [-0.2, 0) is 17.6 Å². The van der Waals surface area contributed by atoms with Crippen molar-refractivity contribution in [2.45, 2.75) is 38.5 Å². The first-order valence-corrected chi connectivity index (χ1v) is 12.5. The zero-order valence-electron chi connectivity index (χ0n) is 20.5. The van der Waals surface area contributed by atoms with Gasteiger partial charge in [0.2, 0.25) is 5.88 Å². The van der Waals surface area contributed by atoms with Gasteiger partial charge in [0.1, 0.15) is 11.4 Å². The molecule has 0 radical (unpaired) electrons. The molecule has 5 rings (SSSR count). The van der Waals surface area contributed by atoms with Crippen LogP contribution in [0.2, 0.25) is 0 Å². The van der Waals surface area contributed by atoms with Gasteiger partial charge in [0.15, 0.2) is 5.65 Å². The monoisotopic (exact) mass is 495 g/mol. The van der Waals surface area contributed by atoms with Crippen molar-refractivity contribution in [3.8, 4) is 11.6 Å². The Kier molecular flexibility index (Phi) is 7.31. The Bertz CT molecular complexity index is 1470. The number of benzene rings is 2. The first-order valence-electron chi connectivity index (χ1n) is 12.5. The predicted octanol–water partition coefficient (Wildman–Crippen LogP) is 5.59. The highest BCUT2D eigenvalue weighted by molar-refractivity contribution is 5.73. The van der Waals surface area contributed by atoms with Crippen LogP contribution in [0.15, 0.2) is 79.0 Å². The van der Waals surface area contributed by atoms with Crippen molar-refractivity contribution in [3.05, 3.63) is 107 Å². The van der Waals surface area contributed by atoms with Gasteiger partial charge >= 0.3 is 5.97 Å². The molecule has 37 heavy (non-hydrogen) atoms. The first kappa shape index (κ1) is 24.3. The van der Waals surface area contributed by atoms with Crippen molar-refractivity contribution < 1.29 is 19.7 Å². The summed E-state index contributed by atoms with van der Waals surface area (Å²) in [4.78, 5) is 20.5. The molecule has 2 aromatic heterocycles. The van der Waals surface area contributed by atoms with E-state index in [1.54, 1.807) is 4.40 Å². The molecule has 2 heterocycles. The molecule has 7 heteroatoms. The number of aromatic nitrogens is 3. The van der Waals surface area contributed by atoms with Crippen LogP contribution in [0.5, 0.6) is 11.6 Å². The van der Waals surface area contributed by atoms with E-state index in [2.05, 4.69) is 30.4 Å². The quantitative estimate of drug-likeness (QED) is 0.278. The molecule has 0 unspecified atom stereocenters. The average molecular weight is 496 g/mol. The molecule has 188 valence electrons. The normalized spacial score (nSPS) is 13.0. The molecule has 2 N–H and O–H groups in total. The van der Waals surface area contributed by atoms with E-state index in [9.17, 15) is 9.90 Å². The van der Waals surface area contributed by atoms with Crippen molar-refractivity contribution in [3.63, 3.8) is 0 Å². The molecule has 0 aliphatic heterocycles. The Labute approximate surface area is 215 Å². The number of fused-ring (bicyclic) bond motifs is 1. The number of imidazole rings is 1. The van der Waals surface area contributed by atoms with Crippen molar-refractivity contribution in [1.29, 1.82) is 0 Å². The second kappa shape index (κ2) is 11.1. The second-order valence-corrected chi connectivity index (χ2v) is 9.12. The van der Waals surface area contributed by atoms with E-state index in [0.29, 0.717) is 43.0 Å². The van der Waals surface area contributed by atoms with E-state index in [-0.39, 0.29) is 12.3 Å². The molecule has 4 aromatic rings. The zero-order valence-corrected chi connectivity index (χ0v) is 20.5. The largest absolute Gasteiger partial charge is 0.494 e. The van der Waals surface area contributed by atoms with Crippen LogP contribution in [0.1, 0.15) is 53.9 Å². The van der Waals surface area contributed by atoms with Gasteiger partial charge in [-0.3, -0.25) is 9.20 Å². The maximum Gasteiger partial charge on any atom is 0.303 e. The summed E-state index contributed by atoms with van der Waals surface area (Å²) in [6.07, 6.45) is 11.8. The fraction of sp³-hybridized carbons (Fsp3) is 0.233. The molecule has 0 saturated carbocycles. The third-order valence-electron chi connectivity index (χ3n) is 6.30. The lowest BCUT2D eigenvalue weighted by Gasteiger charge is -2.11. The molecule has 0 saturated heterocycles. The zero-order chi connectivity index (χ0) is 25.6. The summed E-state index contributed by atoms with van der Waals surface area (Å²) < 4.78 is 7.46. The number of nitrogens with zero attached hydrogens (tertiary/aromatic N) is 3. The SMILES string of the molecule is O=C(O)CCCOc1cccc(Cc2nc3c(Cc4ccccc4)nc(C4=CCCC=C4)cn3c2O)c1. The van der Waals surface area contributed by atoms with Gasteiger partial charge in [-0.2, -0.15) is 0 Å². The number of carboxylic acid groups (broad SMARTS) is 1. The van der Waals surface area contributed by atoms with Crippen LogP contribution < -0.4 is 4.74 Å². The summed E-state index contributed by atoms with van der Waals surface area (Å²) in [7, 11) is 0. The summed E-state index contributed by atoms with van der Waals surface area (Å²) in [5.41, 5.74) is 5.92. The lowest BCUT2D eigenvalue weighted by molar-refractivity contribution is -0.137. The van der Waals surface area contributed by atoms with Crippen molar-refractivity contribution in [2.24, 2.45) is 0 Å². The molecule has 7 nitrogen and oxygen atoms in total. The van der Waals surface area contributed by atoms with Crippen molar-refractivity contribution in [2.75, 3.05) is 6.61 Å². The minimum Gasteiger partial charge on any atom is -0.494 e. The van der Waals surface area contributed by atoms with E-state index in [4.69, 9.17) is 19.8 Å². The molecule has 0 bridgehead atoms. The summed E-state index contributed by atoms with van der Waals surface area (Å²) in [6.45, 7) is 0.330. The summed E-state index contributed by atoms with van der Waals surface area (Å²) in [6, 6.07) is 17.7. The van der Waals surface area contributed by atoms with E-state index >= 15 is 0 Å². The van der Waals surface area contributed by atoms with Gasteiger partial charge in [-0.05, 0) is 48.1 Å². The van der Waals surface area contributed by atoms with Gasteiger partial charge in [-0.25, -0.2) is 9.97 Å². The molecule has 0 spiro atoms. The van der Waals surface area contributed by atoms with Gasteiger partial charge in [0, 0.05) is 25.5 Å². The van der Waals surface area contributed by atoms with Crippen molar-refractivity contribution in [1.82, 2.24) is 14.4 Å². The van der Waals surface area contributed by atoms with Gasteiger partial charge in [-0.15, -0.1) is 0 Å². The number of carbonyl (C=O) groups is 1. The number of rotatable bonds is 10. The average Bonchev–Trinajstić information content (AvgIpc) is 3.23. The predicted molar refractivity (Wildman–Crippen MR) is 142 cm³/mol. The van der Waals surface area contributed by atoms with Crippen LogP contribution in [-0.4, -0.2) is 37.2 Å². The Morgan fingerprint density at radius 1 is 0.973 bits per heavy atom. The molecular formula is C30H29N3O4. The highest BCUT2D eigenvalue weighted by atomic mass is 16.5. The van der Waals surface area contributed by atoms with Gasteiger partial charge < -0.3 is 14.9 Å². The van der Waals surface area contributed by atoms with Crippen LogP contribution in [0, 0.1) is 0 Å². The molecule has 2 aromatic carbocycles. The standard InChI is InChI=1S/C30H29N3O4/c34-28(35)15-8-16-37-24-14-7-11-22(17-24)19-26-30(36)33-20-27(23-12-5-2-6-13-23)31-25(29(33)32-26)18-21-9-3-1-4-10-21/h1,3-5,7,9-14,17,20,36H,2,6,8,15-16,18-19H2,(H,34,35). The van der Waals surface area contributed by atoms with Crippen LogP contribution >= 0.6 is 0 Å². The van der Waals surface area contributed by atoms with E-state index in [1.165, 1.54) is 0 Å². The number of allylic oxidation sites excluding steroid dienone is 4. The van der Waals surface area contributed by atoms with Gasteiger partial charge in [0.05, 0.1) is 18.0 Å². The number of aromatic hydroxyl groups is 1. The molecule has 0 amide bonds. The Morgan fingerprint density at radius 2 is 1.78 bits per heavy atom. The summed E-state index contributed by atoms with van der Waals surface area (Å²) in [5, 5.41) is 20.0. The van der Waals surface area contributed by atoms with E-state index < -0.39 is 5.97 Å². The second-order valence-electron chi connectivity index (χ2n) is 9.12.